The van der Waals surface area contributed by atoms with Crippen LogP contribution >= 0.6 is 0 Å². The Bertz CT molecular complexity index is 901. The molecule has 1 fully saturated rings. The van der Waals surface area contributed by atoms with Crippen LogP contribution in [0, 0.1) is 13.8 Å². The zero-order valence-electron chi connectivity index (χ0n) is 17.0. The number of fused-ring (bicyclic) bond motifs is 1. The van der Waals surface area contributed by atoms with Gasteiger partial charge in [0.05, 0.1) is 25.3 Å². The first-order chi connectivity index (χ1) is 14.0. The molecule has 2 aromatic rings. The number of nitrogens with zero attached hydrogens (tertiary/aromatic N) is 2. The van der Waals surface area contributed by atoms with Crippen molar-refractivity contribution in [3.63, 3.8) is 0 Å². The monoisotopic (exact) mass is 397 g/mol. The lowest BCUT2D eigenvalue weighted by Crippen LogP contribution is -2.36. The van der Waals surface area contributed by atoms with Crippen LogP contribution < -0.4 is 10.1 Å². The maximum absolute atomic E-state index is 12.5. The molecule has 2 aliphatic rings. The summed E-state index contributed by atoms with van der Waals surface area (Å²) in [4.78, 5) is 26.9. The molecule has 0 saturated carbocycles. The predicted molar refractivity (Wildman–Crippen MR) is 107 cm³/mol. The van der Waals surface area contributed by atoms with E-state index in [2.05, 4.69) is 16.5 Å². The van der Waals surface area contributed by atoms with Gasteiger partial charge in [0, 0.05) is 31.0 Å². The lowest BCUT2D eigenvalue weighted by molar-refractivity contribution is -0.131. The van der Waals surface area contributed by atoms with Gasteiger partial charge in [-0.2, -0.15) is 0 Å². The molecule has 1 N–H and O–H groups in total. The highest BCUT2D eigenvalue weighted by Gasteiger charge is 2.25. The molecule has 29 heavy (non-hydrogen) atoms. The summed E-state index contributed by atoms with van der Waals surface area (Å²) in [6.45, 7) is 5.60. The van der Waals surface area contributed by atoms with Gasteiger partial charge in [0.2, 0.25) is 11.8 Å². The molecule has 1 saturated heterocycles. The van der Waals surface area contributed by atoms with Crippen LogP contribution in [0.4, 0.5) is 0 Å². The minimum Gasteiger partial charge on any atom is -0.493 e. The van der Waals surface area contributed by atoms with Gasteiger partial charge < -0.3 is 19.5 Å². The van der Waals surface area contributed by atoms with Gasteiger partial charge in [0.25, 0.3) is 0 Å². The summed E-state index contributed by atoms with van der Waals surface area (Å²) in [7, 11) is 0. The number of amides is 2. The van der Waals surface area contributed by atoms with Crippen LogP contribution in [-0.4, -0.2) is 41.1 Å². The van der Waals surface area contributed by atoms with Gasteiger partial charge in [-0.25, -0.2) is 0 Å². The van der Waals surface area contributed by atoms with E-state index in [9.17, 15) is 9.59 Å². The van der Waals surface area contributed by atoms with Gasteiger partial charge in [0.15, 0.2) is 0 Å². The summed E-state index contributed by atoms with van der Waals surface area (Å²) in [6.07, 6.45) is 3.10. The van der Waals surface area contributed by atoms with E-state index in [1.807, 2.05) is 30.9 Å². The molecule has 1 aromatic heterocycles. The van der Waals surface area contributed by atoms with Crippen LogP contribution in [0.5, 0.6) is 5.75 Å². The fourth-order valence-corrected chi connectivity index (χ4v) is 4.08. The molecule has 154 valence electrons. The van der Waals surface area contributed by atoms with Crippen LogP contribution in [0.15, 0.2) is 22.7 Å². The van der Waals surface area contributed by atoms with Crippen molar-refractivity contribution in [1.29, 1.82) is 0 Å². The second-order valence-corrected chi connectivity index (χ2v) is 7.93. The van der Waals surface area contributed by atoms with Crippen LogP contribution in [0.25, 0.3) is 0 Å². The van der Waals surface area contributed by atoms with Gasteiger partial charge in [-0.05, 0) is 43.9 Å². The van der Waals surface area contributed by atoms with Gasteiger partial charge in [-0.3, -0.25) is 9.59 Å². The number of rotatable bonds is 5. The van der Waals surface area contributed by atoms with Crippen molar-refractivity contribution in [2.24, 2.45) is 0 Å². The number of hydrogen-bond donors (Lipinski definition) is 1. The number of aryl methyl sites for hydroxylation is 2. The van der Waals surface area contributed by atoms with Gasteiger partial charge >= 0.3 is 0 Å². The number of ether oxygens (including phenoxy) is 1. The van der Waals surface area contributed by atoms with Crippen molar-refractivity contribution in [3.8, 4) is 5.75 Å². The Kier molecular flexibility index (Phi) is 5.56. The Balaban J connectivity index is 1.32. The number of carbonyl (C=O) groups excluding carboxylic acids is 2. The first-order valence-electron chi connectivity index (χ1n) is 10.2. The normalized spacial score (nSPS) is 18.9. The van der Waals surface area contributed by atoms with Gasteiger partial charge in [0.1, 0.15) is 11.5 Å². The fraction of sp³-hybridized carbons (Fsp3) is 0.500. The average Bonchev–Trinajstić information content (AvgIpc) is 3.24. The van der Waals surface area contributed by atoms with Crippen LogP contribution in [0.1, 0.15) is 47.4 Å². The lowest BCUT2D eigenvalue weighted by Gasteiger charge is -2.21. The molecule has 0 aliphatic carbocycles. The second-order valence-electron chi connectivity index (χ2n) is 7.93. The van der Waals surface area contributed by atoms with Crippen molar-refractivity contribution in [3.05, 3.63) is 46.3 Å². The molecule has 0 radical (unpaired) electrons. The first-order valence-corrected chi connectivity index (χ1v) is 10.2. The average molecular weight is 397 g/mol. The van der Waals surface area contributed by atoms with Crippen LogP contribution in [0.2, 0.25) is 0 Å². The highest BCUT2D eigenvalue weighted by molar-refractivity contribution is 5.80. The Hall–Kier alpha value is -2.83. The molecule has 4 rings (SSSR count). The molecule has 0 bridgehead atoms. The minimum atomic E-state index is 0.000452. The van der Waals surface area contributed by atoms with E-state index >= 15 is 0 Å². The summed E-state index contributed by atoms with van der Waals surface area (Å²) in [5.41, 5.74) is 3.97. The van der Waals surface area contributed by atoms with E-state index in [-0.39, 0.29) is 17.9 Å². The van der Waals surface area contributed by atoms with Gasteiger partial charge in [-0.1, -0.05) is 17.3 Å². The maximum atomic E-state index is 12.5. The summed E-state index contributed by atoms with van der Waals surface area (Å²) >= 11 is 0. The topological polar surface area (TPSA) is 84.7 Å². The van der Waals surface area contributed by atoms with Gasteiger partial charge in [-0.15, -0.1) is 0 Å². The van der Waals surface area contributed by atoms with Crippen molar-refractivity contribution in [2.75, 3.05) is 13.2 Å². The Morgan fingerprint density at radius 2 is 2.14 bits per heavy atom. The molecule has 3 heterocycles. The van der Waals surface area contributed by atoms with E-state index in [1.165, 1.54) is 5.56 Å². The summed E-state index contributed by atoms with van der Waals surface area (Å²) in [6, 6.07) is 5.97. The van der Waals surface area contributed by atoms with E-state index in [4.69, 9.17) is 9.26 Å². The van der Waals surface area contributed by atoms with Crippen molar-refractivity contribution >= 4 is 11.8 Å². The third kappa shape index (κ3) is 4.44. The second kappa shape index (κ2) is 8.27. The molecule has 7 heteroatoms. The zero-order valence-corrected chi connectivity index (χ0v) is 17.0. The number of nitrogens with one attached hydrogen (secondary N) is 1. The Labute approximate surface area is 170 Å². The van der Waals surface area contributed by atoms with E-state index in [0.717, 1.165) is 41.2 Å². The van der Waals surface area contributed by atoms with Crippen molar-refractivity contribution in [1.82, 2.24) is 15.4 Å². The summed E-state index contributed by atoms with van der Waals surface area (Å²) in [5.74, 6) is 1.79. The largest absolute Gasteiger partial charge is 0.493 e. The summed E-state index contributed by atoms with van der Waals surface area (Å²) < 4.78 is 10.7. The molecule has 1 aromatic carbocycles. The molecule has 2 aliphatic heterocycles. The third-order valence-electron chi connectivity index (χ3n) is 5.82. The highest BCUT2D eigenvalue weighted by Crippen LogP contribution is 2.26. The van der Waals surface area contributed by atoms with Crippen LogP contribution in [0.3, 0.4) is 0 Å². The Morgan fingerprint density at radius 1 is 1.28 bits per heavy atom. The molecule has 1 unspecified atom stereocenters. The lowest BCUT2D eigenvalue weighted by atomic mass is 10.0. The quantitative estimate of drug-likeness (QED) is 0.838. The highest BCUT2D eigenvalue weighted by atomic mass is 16.5. The van der Waals surface area contributed by atoms with E-state index in [0.29, 0.717) is 39.0 Å². The number of hydrogen-bond acceptors (Lipinski definition) is 5. The number of likely N-dealkylation sites (tertiary alicyclic amines) is 1. The number of benzene rings is 1. The smallest absolute Gasteiger partial charge is 0.224 e. The zero-order chi connectivity index (χ0) is 20.4. The molecule has 7 nitrogen and oxygen atoms in total. The van der Waals surface area contributed by atoms with Crippen molar-refractivity contribution < 1.29 is 18.8 Å². The fourth-order valence-electron chi connectivity index (χ4n) is 4.08. The van der Waals surface area contributed by atoms with Crippen LogP contribution in [-0.2, 0) is 29.0 Å². The molecular weight excluding hydrogens is 370 g/mol. The SMILES string of the molecule is Cc1noc(C)c1CN1CCC(NC(=O)Cc2ccc3c(c2)CCO3)CCC1=O. The molecular formula is C22H27N3O4. The number of aromatic nitrogens is 1. The number of carbonyl (C=O) groups is 2. The van der Waals surface area contributed by atoms with E-state index < -0.39 is 0 Å². The third-order valence-corrected chi connectivity index (χ3v) is 5.82. The standard InChI is InChI=1S/C22H27N3O4/c1-14-19(15(2)29-24-14)13-25-9-7-18(4-6-22(25)27)23-21(26)12-16-3-5-20-17(11-16)8-10-28-20/h3,5,11,18H,4,6-10,12-13H2,1-2H3,(H,23,26). The molecule has 1 atom stereocenters. The Morgan fingerprint density at radius 3 is 2.93 bits per heavy atom. The first kappa shape index (κ1) is 19.5. The molecule has 2 amide bonds. The minimum absolute atomic E-state index is 0.000452. The van der Waals surface area contributed by atoms with Crippen molar-refractivity contribution in [2.45, 2.75) is 58.5 Å². The molecule has 0 spiro atoms. The maximum Gasteiger partial charge on any atom is 0.224 e. The van der Waals surface area contributed by atoms with E-state index in [1.54, 1.807) is 0 Å². The predicted octanol–water partition coefficient (Wildman–Crippen LogP) is 2.47. The summed E-state index contributed by atoms with van der Waals surface area (Å²) in [5, 5.41) is 7.09.